The number of H-pyrrole nitrogens is 1. The van der Waals surface area contributed by atoms with Crippen LogP contribution < -0.4 is 10.6 Å². The smallest absolute Gasteiger partial charge is 0.242 e. The van der Waals surface area contributed by atoms with Crippen molar-refractivity contribution in [2.75, 3.05) is 5.32 Å². The number of carbonyl (C=O) groups excluding carboxylic acids is 1. The van der Waals surface area contributed by atoms with Crippen LogP contribution in [0.4, 0.5) is 5.69 Å². The molecule has 166 valence electrons. The number of anilines is 1. The number of carbonyl (C=O) groups is 1. The van der Waals surface area contributed by atoms with Crippen LogP contribution in [0.5, 0.6) is 0 Å². The van der Waals surface area contributed by atoms with E-state index in [2.05, 4.69) is 64.1 Å². The molecule has 1 amide bonds. The van der Waals surface area contributed by atoms with Crippen molar-refractivity contribution < 1.29 is 4.79 Å². The van der Waals surface area contributed by atoms with Crippen LogP contribution in [-0.4, -0.2) is 16.9 Å². The molecule has 1 aliphatic carbocycles. The van der Waals surface area contributed by atoms with Crippen molar-refractivity contribution in [1.82, 2.24) is 10.3 Å². The molecule has 1 aliphatic heterocycles. The molecule has 3 aromatic carbocycles. The van der Waals surface area contributed by atoms with Gasteiger partial charge in [0.2, 0.25) is 5.91 Å². The summed E-state index contributed by atoms with van der Waals surface area (Å²) in [5.74, 6) is -0.0513. The highest BCUT2D eigenvalue weighted by atomic mass is 16.2. The number of hydrogen-bond acceptors (Lipinski definition) is 2. The highest BCUT2D eigenvalue weighted by Crippen LogP contribution is 2.49. The molecule has 33 heavy (non-hydrogen) atoms. The maximum atomic E-state index is 13.9. The first kappa shape index (κ1) is 20.3. The highest BCUT2D eigenvalue weighted by Gasteiger charge is 2.49. The first-order valence-corrected chi connectivity index (χ1v) is 12.0. The van der Waals surface area contributed by atoms with Gasteiger partial charge in [0.15, 0.2) is 0 Å². The Morgan fingerprint density at radius 2 is 1.48 bits per heavy atom. The first-order valence-electron chi connectivity index (χ1n) is 12.0. The number of para-hydroxylation sites is 2. The van der Waals surface area contributed by atoms with E-state index in [0.29, 0.717) is 0 Å². The SMILES string of the molecule is O=C(Nc1ccccc1)[C@H]1NC2(CCCCC2)c2[nH]c3ccccc3c2[C@@H]1c1ccccc1. The summed E-state index contributed by atoms with van der Waals surface area (Å²) in [5.41, 5.74) is 5.51. The van der Waals surface area contributed by atoms with Crippen LogP contribution in [0.2, 0.25) is 0 Å². The lowest BCUT2D eigenvalue weighted by Gasteiger charge is -2.47. The number of amides is 1. The van der Waals surface area contributed by atoms with Gasteiger partial charge in [-0.3, -0.25) is 10.1 Å². The number of fused-ring (bicyclic) bond motifs is 4. The highest BCUT2D eigenvalue weighted by molar-refractivity contribution is 5.98. The molecule has 0 radical (unpaired) electrons. The molecule has 0 bridgehead atoms. The van der Waals surface area contributed by atoms with E-state index in [0.717, 1.165) is 29.6 Å². The first-order chi connectivity index (χ1) is 16.3. The molecule has 1 spiro atoms. The molecule has 0 saturated heterocycles. The van der Waals surface area contributed by atoms with Crippen molar-refractivity contribution in [3.63, 3.8) is 0 Å². The third-order valence-corrected chi connectivity index (χ3v) is 7.49. The second kappa shape index (κ2) is 8.20. The summed E-state index contributed by atoms with van der Waals surface area (Å²) in [6.07, 6.45) is 5.69. The van der Waals surface area contributed by atoms with Crippen molar-refractivity contribution in [3.05, 3.63) is 102 Å². The van der Waals surface area contributed by atoms with Gasteiger partial charge in [0.05, 0.1) is 11.6 Å². The Bertz CT molecular complexity index is 1270. The Labute approximate surface area is 194 Å². The Hall–Kier alpha value is -3.37. The van der Waals surface area contributed by atoms with E-state index in [1.54, 1.807) is 0 Å². The average Bonchev–Trinajstić information content (AvgIpc) is 3.26. The van der Waals surface area contributed by atoms with Gasteiger partial charge in [-0.1, -0.05) is 86.0 Å². The lowest BCUT2D eigenvalue weighted by atomic mass is 9.69. The fraction of sp³-hybridized carbons (Fsp3) is 0.276. The Morgan fingerprint density at radius 3 is 2.24 bits per heavy atom. The van der Waals surface area contributed by atoms with Crippen molar-refractivity contribution in [3.8, 4) is 0 Å². The van der Waals surface area contributed by atoms with Gasteiger partial charge in [0, 0.05) is 28.2 Å². The van der Waals surface area contributed by atoms with E-state index in [4.69, 9.17) is 0 Å². The quantitative estimate of drug-likeness (QED) is 0.366. The van der Waals surface area contributed by atoms with Gasteiger partial charge in [-0.15, -0.1) is 0 Å². The van der Waals surface area contributed by atoms with Crippen LogP contribution in [0, 0.1) is 0 Å². The molecule has 2 atom stereocenters. The molecule has 1 saturated carbocycles. The monoisotopic (exact) mass is 435 g/mol. The van der Waals surface area contributed by atoms with E-state index >= 15 is 0 Å². The Balaban J connectivity index is 1.54. The van der Waals surface area contributed by atoms with Crippen LogP contribution in [0.1, 0.15) is 54.8 Å². The number of nitrogens with one attached hydrogen (secondary N) is 3. The lowest BCUT2D eigenvalue weighted by Crippen LogP contribution is -2.59. The van der Waals surface area contributed by atoms with Gasteiger partial charge in [0.25, 0.3) is 0 Å². The molecule has 1 fully saturated rings. The molecule has 6 rings (SSSR count). The molecule has 4 nitrogen and oxygen atoms in total. The van der Waals surface area contributed by atoms with Crippen molar-refractivity contribution in [1.29, 1.82) is 0 Å². The molecule has 2 heterocycles. The van der Waals surface area contributed by atoms with Gasteiger partial charge in [-0.25, -0.2) is 0 Å². The Morgan fingerprint density at radius 1 is 0.818 bits per heavy atom. The van der Waals surface area contributed by atoms with Crippen LogP contribution in [-0.2, 0) is 10.3 Å². The summed E-state index contributed by atoms with van der Waals surface area (Å²) >= 11 is 0. The zero-order chi connectivity index (χ0) is 22.3. The summed E-state index contributed by atoms with van der Waals surface area (Å²) in [6, 6.07) is 28.5. The molecule has 1 aromatic heterocycles. The second-order valence-electron chi connectivity index (χ2n) is 9.47. The van der Waals surface area contributed by atoms with Gasteiger partial charge < -0.3 is 10.3 Å². The van der Waals surface area contributed by atoms with E-state index in [9.17, 15) is 4.79 Å². The lowest BCUT2D eigenvalue weighted by molar-refractivity contribution is -0.119. The van der Waals surface area contributed by atoms with Crippen molar-refractivity contribution >= 4 is 22.5 Å². The Kier molecular flexibility index (Phi) is 5.03. The van der Waals surface area contributed by atoms with Crippen LogP contribution in [0.25, 0.3) is 10.9 Å². The summed E-state index contributed by atoms with van der Waals surface area (Å²) in [4.78, 5) is 17.7. The van der Waals surface area contributed by atoms with E-state index in [1.807, 2.05) is 36.4 Å². The predicted molar refractivity (Wildman–Crippen MR) is 133 cm³/mol. The summed E-state index contributed by atoms with van der Waals surface area (Å²) in [7, 11) is 0. The molecule has 4 aromatic rings. The number of aromatic amines is 1. The maximum Gasteiger partial charge on any atom is 0.242 e. The van der Waals surface area contributed by atoms with Gasteiger partial charge in [-0.05, 0) is 42.2 Å². The predicted octanol–water partition coefficient (Wildman–Crippen LogP) is 6.07. The number of aromatic nitrogens is 1. The van der Waals surface area contributed by atoms with Crippen LogP contribution in [0.15, 0.2) is 84.9 Å². The zero-order valence-corrected chi connectivity index (χ0v) is 18.7. The van der Waals surface area contributed by atoms with Gasteiger partial charge >= 0.3 is 0 Å². The minimum Gasteiger partial charge on any atom is -0.357 e. The van der Waals surface area contributed by atoms with E-state index < -0.39 is 0 Å². The fourth-order valence-electron chi connectivity index (χ4n) is 6.01. The number of rotatable bonds is 3. The molecular formula is C29H29N3O. The number of hydrogen-bond donors (Lipinski definition) is 3. The summed E-state index contributed by atoms with van der Waals surface area (Å²) in [5, 5.41) is 8.33. The molecule has 4 heteroatoms. The molecule has 0 unspecified atom stereocenters. The fourth-order valence-corrected chi connectivity index (χ4v) is 6.01. The minimum atomic E-state index is -0.364. The third kappa shape index (κ3) is 3.46. The third-order valence-electron chi connectivity index (χ3n) is 7.49. The summed E-state index contributed by atoms with van der Waals surface area (Å²) < 4.78 is 0. The second-order valence-corrected chi connectivity index (χ2v) is 9.47. The van der Waals surface area contributed by atoms with Crippen molar-refractivity contribution in [2.45, 2.75) is 49.6 Å². The standard InChI is InChI=1S/C29H29N3O/c33-28(30-21-14-6-2-7-15-21)26-24(20-12-4-1-5-13-20)25-22-16-8-9-17-23(22)31-27(25)29(32-26)18-10-3-11-19-29/h1-2,4-9,12-17,24,26,31-32H,3,10-11,18-19H2,(H,30,33)/t24-,26-/m0/s1. The van der Waals surface area contributed by atoms with E-state index in [-0.39, 0.29) is 23.4 Å². The minimum absolute atomic E-state index is 0.0240. The van der Waals surface area contributed by atoms with Crippen LogP contribution in [0.3, 0.4) is 0 Å². The molecule has 3 N–H and O–H groups in total. The van der Waals surface area contributed by atoms with Crippen molar-refractivity contribution in [2.24, 2.45) is 0 Å². The molecular weight excluding hydrogens is 406 g/mol. The normalized spacial score (nSPS) is 21.6. The average molecular weight is 436 g/mol. The van der Waals surface area contributed by atoms with E-state index in [1.165, 1.54) is 35.9 Å². The van der Waals surface area contributed by atoms with Crippen LogP contribution >= 0.6 is 0 Å². The number of benzene rings is 3. The largest absolute Gasteiger partial charge is 0.357 e. The van der Waals surface area contributed by atoms with Gasteiger partial charge in [-0.2, -0.15) is 0 Å². The van der Waals surface area contributed by atoms with Gasteiger partial charge in [0.1, 0.15) is 0 Å². The summed E-state index contributed by atoms with van der Waals surface area (Å²) in [6.45, 7) is 0. The topological polar surface area (TPSA) is 56.9 Å². The zero-order valence-electron chi connectivity index (χ0n) is 18.7. The maximum absolute atomic E-state index is 13.9. The molecule has 2 aliphatic rings.